The maximum atomic E-state index is 13.7. The van der Waals surface area contributed by atoms with E-state index in [0.29, 0.717) is 0 Å². The van der Waals surface area contributed by atoms with Crippen molar-refractivity contribution in [2.24, 2.45) is 0 Å². The fraction of sp³-hybridized carbons (Fsp3) is 0.0769. The van der Waals surface area contributed by atoms with Crippen molar-refractivity contribution in [3.8, 4) is 5.75 Å². The summed E-state index contributed by atoms with van der Waals surface area (Å²) >= 11 is 0. The highest BCUT2D eigenvalue weighted by atomic mass is 32.2. The summed E-state index contributed by atoms with van der Waals surface area (Å²) < 4.78 is 58.0. The monoisotopic (exact) mass is 314 g/mol. The number of hydrogen-bond acceptors (Lipinski definition) is 4. The maximum Gasteiger partial charge on any atom is 0.264 e. The largest absolute Gasteiger partial charge is 0.494 e. The lowest BCUT2D eigenvalue weighted by Gasteiger charge is -2.10. The van der Waals surface area contributed by atoms with Gasteiger partial charge in [0.1, 0.15) is 10.7 Å². The first kappa shape index (κ1) is 15.0. The SMILES string of the molecule is COc1cc(NS(=O)(=O)c2ccc(N)cc2F)ccc1F. The Bertz CT molecular complexity index is 779. The number of methoxy groups -OCH3 is 1. The molecule has 0 amide bonds. The summed E-state index contributed by atoms with van der Waals surface area (Å²) in [6, 6.07) is 6.61. The molecule has 0 radical (unpaired) electrons. The number of nitrogens with one attached hydrogen (secondary N) is 1. The van der Waals surface area contributed by atoms with E-state index in [1.807, 2.05) is 0 Å². The zero-order chi connectivity index (χ0) is 15.6. The van der Waals surface area contributed by atoms with Gasteiger partial charge < -0.3 is 10.5 Å². The molecule has 5 nitrogen and oxygen atoms in total. The minimum Gasteiger partial charge on any atom is -0.494 e. The van der Waals surface area contributed by atoms with Gasteiger partial charge in [-0.15, -0.1) is 0 Å². The van der Waals surface area contributed by atoms with Crippen LogP contribution in [0, 0.1) is 11.6 Å². The maximum absolute atomic E-state index is 13.7. The van der Waals surface area contributed by atoms with Gasteiger partial charge in [0.2, 0.25) is 0 Å². The molecule has 0 saturated carbocycles. The Hall–Kier alpha value is -2.35. The molecule has 21 heavy (non-hydrogen) atoms. The van der Waals surface area contributed by atoms with Crippen LogP contribution in [0.25, 0.3) is 0 Å². The molecule has 0 fully saturated rings. The third-order valence-corrected chi connectivity index (χ3v) is 4.06. The Balaban J connectivity index is 2.37. The highest BCUT2D eigenvalue weighted by Crippen LogP contribution is 2.25. The van der Waals surface area contributed by atoms with Gasteiger partial charge in [-0.1, -0.05) is 0 Å². The van der Waals surface area contributed by atoms with E-state index < -0.39 is 26.6 Å². The normalized spacial score (nSPS) is 11.2. The standard InChI is InChI=1S/C13H12F2N2O3S/c1-20-12-7-9(3-4-10(12)14)17-21(18,19)13-5-2-8(16)6-11(13)15/h2-7,17H,16H2,1H3. The van der Waals surface area contributed by atoms with Gasteiger partial charge in [-0.3, -0.25) is 4.72 Å². The summed E-state index contributed by atoms with van der Waals surface area (Å²) in [5, 5.41) is 0. The predicted molar refractivity (Wildman–Crippen MR) is 74.6 cm³/mol. The number of nitrogen functional groups attached to an aromatic ring is 1. The van der Waals surface area contributed by atoms with E-state index in [2.05, 4.69) is 4.72 Å². The average Bonchev–Trinajstić information content (AvgIpc) is 2.40. The number of benzene rings is 2. The Kier molecular flexibility index (Phi) is 3.99. The highest BCUT2D eigenvalue weighted by molar-refractivity contribution is 7.92. The molecule has 0 aromatic heterocycles. The van der Waals surface area contributed by atoms with Gasteiger partial charge in [-0.25, -0.2) is 17.2 Å². The van der Waals surface area contributed by atoms with Gasteiger partial charge in [0, 0.05) is 11.8 Å². The predicted octanol–water partition coefficient (Wildman–Crippen LogP) is 2.36. The van der Waals surface area contributed by atoms with Crippen molar-refractivity contribution in [2.45, 2.75) is 4.90 Å². The molecule has 0 heterocycles. The third kappa shape index (κ3) is 3.22. The number of hydrogen-bond donors (Lipinski definition) is 2. The summed E-state index contributed by atoms with van der Waals surface area (Å²) in [6.45, 7) is 0. The Morgan fingerprint density at radius 1 is 1.10 bits per heavy atom. The zero-order valence-electron chi connectivity index (χ0n) is 10.9. The zero-order valence-corrected chi connectivity index (χ0v) is 11.7. The lowest BCUT2D eigenvalue weighted by Crippen LogP contribution is -2.15. The lowest BCUT2D eigenvalue weighted by molar-refractivity contribution is 0.387. The average molecular weight is 314 g/mol. The van der Waals surface area contributed by atoms with Crippen LogP contribution in [0.3, 0.4) is 0 Å². The highest BCUT2D eigenvalue weighted by Gasteiger charge is 2.19. The molecule has 0 unspecified atom stereocenters. The molecule has 0 saturated heterocycles. The molecule has 2 rings (SSSR count). The van der Waals surface area contributed by atoms with Crippen molar-refractivity contribution in [1.29, 1.82) is 0 Å². The summed E-state index contributed by atoms with van der Waals surface area (Å²) in [4.78, 5) is -0.556. The number of ether oxygens (including phenoxy) is 1. The minimum atomic E-state index is -4.16. The fourth-order valence-electron chi connectivity index (χ4n) is 1.67. The van der Waals surface area contributed by atoms with Crippen LogP contribution < -0.4 is 15.2 Å². The first-order valence-electron chi connectivity index (χ1n) is 5.75. The number of nitrogens with two attached hydrogens (primary N) is 1. The Morgan fingerprint density at radius 3 is 2.43 bits per heavy atom. The molecule has 3 N–H and O–H groups in total. The topological polar surface area (TPSA) is 81.4 Å². The van der Waals surface area contributed by atoms with Crippen LogP contribution in [0.1, 0.15) is 0 Å². The first-order chi connectivity index (χ1) is 9.83. The van der Waals surface area contributed by atoms with E-state index in [-0.39, 0.29) is 17.1 Å². The van der Waals surface area contributed by atoms with Crippen LogP contribution in [-0.4, -0.2) is 15.5 Å². The van der Waals surface area contributed by atoms with Crippen LogP contribution in [0.4, 0.5) is 20.2 Å². The number of sulfonamides is 1. The summed E-state index contributed by atoms with van der Waals surface area (Å²) in [5.74, 6) is -1.75. The van der Waals surface area contributed by atoms with Gasteiger partial charge >= 0.3 is 0 Å². The van der Waals surface area contributed by atoms with Crippen LogP contribution in [0.15, 0.2) is 41.3 Å². The first-order valence-corrected chi connectivity index (χ1v) is 7.23. The smallest absolute Gasteiger partial charge is 0.264 e. The minimum absolute atomic E-state index is 0.0458. The van der Waals surface area contributed by atoms with E-state index in [0.717, 1.165) is 24.3 Å². The summed E-state index contributed by atoms with van der Waals surface area (Å²) in [5.41, 5.74) is 5.52. The molecule has 0 aliphatic rings. The van der Waals surface area contributed by atoms with E-state index in [1.165, 1.54) is 19.2 Å². The van der Waals surface area contributed by atoms with Crippen LogP contribution >= 0.6 is 0 Å². The second-order valence-electron chi connectivity index (χ2n) is 4.14. The van der Waals surface area contributed by atoms with Gasteiger partial charge in [-0.05, 0) is 30.3 Å². The van der Waals surface area contributed by atoms with Crippen molar-refractivity contribution in [3.63, 3.8) is 0 Å². The summed E-state index contributed by atoms with van der Waals surface area (Å²) in [7, 11) is -2.91. The van der Waals surface area contributed by atoms with E-state index in [9.17, 15) is 17.2 Å². The molecule has 0 aliphatic heterocycles. The Labute approximate surface area is 120 Å². The Morgan fingerprint density at radius 2 is 1.81 bits per heavy atom. The molecule has 2 aromatic carbocycles. The van der Waals surface area contributed by atoms with Crippen molar-refractivity contribution in [3.05, 3.63) is 48.0 Å². The molecule has 0 aliphatic carbocycles. The van der Waals surface area contributed by atoms with E-state index in [1.54, 1.807) is 0 Å². The van der Waals surface area contributed by atoms with Crippen LogP contribution in [0.5, 0.6) is 5.75 Å². The molecule has 2 aromatic rings. The van der Waals surface area contributed by atoms with E-state index in [4.69, 9.17) is 10.5 Å². The number of halogens is 2. The molecular formula is C13H12F2N2O3S. The molecule has 0 spiro atoms. The van der Waals surface area contributed by atoms with Gasteiger partial charge in [0.25, 0.3) is 10.0 Å². The van der Waals surface area contributed by atoms with Crippen molar-refractivity contribution < 1.29 is 21.9 Å². The lowest BCUT2D eigenvalue weighted by atomic mass is 10.3. The van der Waals surface area contributed by atoms with Crippen LogP contribution in [0.2, 0.25) is 0 Å². The van der Waals surface area contributed by atoms with Crippen LogP contribution in [-0.2, 0) is 10.0 Å². The quantitative estimate of drug-likeness (QED) is 0.849. The van der Waals surface area contributed by atoms with Crippen molar-refractivity contribution in [1.82, 2.24) is 0 Å². The summed E-state index contributed by atoms with van der Waals surface area (Å²) in [6.07, 6.45) is 0. The fourth-order valence-corrected chi connectivity index (χ4v) is 2.78. The second kappa shape index (κ2) is 5.57. The number of rotatable bonds is 4. The molecule has 8 heteroatoms. The molecule has 0 bridgehead atoms. The van der Waals surface area contributed by atoms with E-state index >= 15 is 0 Å². The number of anilines is 2. The third-order valence-electron chi connectivity index (χ3n) is 2.65. The second-order valence-corrected chi connectivity index (χ2v) is 5.80. The molecule has 112 valence electrons. The van der Waals surface area contributed by atoms with Gasteiger partial charge in [0.05, 0.1) is 12.8 Å². The molecular weight excluding hydrogens is 302 g/mol. The van der Waals surface area contributed by atoms with Gasteiger partial charge in [-0.2, -0.15) is 0 Å². The molecule has 0 atom stereocenters. The van der Waals surface area contributed by atoms with Crippen molar-refractivity contribution >= 4 is 21.4 Å². The van der Waals surface area contributed by atoms with Gasteiger partial charge in [0.15, 0.2) is 11.6 Å². The van der Waals surface area contributed by atoms with Crippen molar-refractivity contribution in [2.75, 3.05) is 17.6 Å².